The summed E-state index contributed by atoms with van der Waals surface area (Å²) in [5.41, 5.74) is 7.08. The lowest BCUT2D eigenvalue weighted by Gasteiger charge is -2.12. The Kier molecular flexibility index (Phi) is 4.01. The SMILES string of the molecule is CCc1ccc(C(F)(F)F)cc1-c1ccn(-c2cc(N)ncn2)c1. The molecule has 0 unspecified atom stereocenters. The van der Waals surface area contributed by atoms with Crippen molar-refractivity contribution in [2.75, 3.05) is 5.73 Å². The molecule has 0 amide bonds. The fourth-order valence-electron chi connectivity index (χ4n) is 2.53. The molecule has 0 fully saturated rings. The van der Waals surface area contributed by atoms with Gasteiger partial charge >= 0.3 is 6.18 Å². The number of hydrogen-bond donors (Lipinski definition) is 1. The molecule has 0 aliphatic rings. The third-order valence-electron chi connectivity index (χ3n) is 3.76. The summed E-state index contributed by atoms with van der Waals surface area (Å²) in [5.74, 6) is 0.877. The topological polar surface area (TPSA) is 56.7 Å². The third-order valence-corrected chi connectivity index (χ3v) is 3.76. The average molecular weight is 332 g/mol. The number of halogens is 3. The average Bonchev–Trinajstić information content (AvgIpc) is 3.03. The molecule has 0 aliphatic heterocycles. The molecule has 2 heterocycles. The van der Waals surface area contributed by atoms with Crippen molar-refractivity contribution in [3.05, 3.63) is 60.2 Å². The van der Waals surface area contributed by atoms with Crippen molar-refractivity contribution in [2.24, 2.45) is 0 Å². The van der Waals surface area contributed by atoms with Gasteiger partial charge in [0.25, 0.3) is 0 Å². The number of aromatic nitrogens is 3. The highest BCUT2D eigenvalue weighted by Gasteiger charge is 2.31. The molecule has 3 rings (SSSR count). The Morgan fingerprint density at radius 3 is 2.58 bits per heavy atom. The van der Waals surface area contributed by atoms with Crippen LogP contribution >= 0.6 is 0 Å². The maximum atomic E-state index is 13.0. The molecular formula is C17H15F3N4. The van der Waals surface area contributed by atoms with Crippen molar-refractivity contribution in [3.63, 3.8) is 0 Å². The number of hydrogen-bond acceptors (Lipinski definition) is 3. The van der Waals surface area contributed by atoms with E-state index in [0.717, 1.165) is 11.6 Å². The quantitative estimate of drug-likeness (QED) is 0.786. The molecule has 0 aliphatic carbocycles. The number of nitrogen functional groups attached to an aromatic ring is 1. The van der Waals surface area contributed by atoms with Gasteiger partial charge in [0.1, 0.15) is 18.0 Å². The monoisotopic (exact) mass is 332 g/mol. The van der Waals surface area contributed by atoms with E-state index in [2.05, 4.69) is 9.97 Å². The van der Waals surface area contributed by atoms with Gasteiger partial charge in [0.05, 0.1) is 5.56 Å². The fourth-order valence-corrected chi connectivity index (χ4v) is 2.53. The van der Waals surface area contributed by atoms with Crippen molar-refractivity contribution in [1.82, 2.24) is 14.5 Å². The van der Waals surface area contributed by atoms with E-state index in [1.54, 1.807) is 29.1 Å². The van der Waals surface area contributed by atoms with Crippen LogP contribution in [0.2, 0.25) is 0 Å². The summed E-state index contributed by atoms with van der Waals surface area (Å²) >= 11 is 0. The molecule has 0 saturated carbocycles. The van der Waals surface area contributed by atoms with Crippen LogP contribution in [-0.4, -0.2) is 14.5 Å². The Morgan fingerprint density at radius 2 is 1.92 bits per heavy atom. The van der Waals surface area contributed by atoms with Crippen LogP contribution in [0, 0.1) is 0 Å². The first-order valence-corrected chi connectivity index (χ1v) is 7.35. The van der Waals surface area contributed by atoms with E-state index in [1.165, 1.54) is 18.5 Å². The van der Waals surface area contributed by atoms with E-state index in [4.69, 9.17) is 5.73 Å². The molecule has 0 bridgehead atoms. The van der Waals surface area contributed by atoms with Crippen LogP contribution in [0.5, 0.6) is 0 Å². The van der Waals surface area contributed by atoms with E-state index in [0.29, 0.717) is 29.2 Å². The summed E-state index contributed by atoms with van der Waals surface area (Å²) in [6.07, 6.45) is 1.07. The van der Waals surface area contributed by atoms with Crippen molar-refractivity contribution in [2.45, 2.75) is 19.5 Å². The minimum atomic E-state index is -4.37. The van der Waals surface area contributed by atoms with Gasteiger partial charge in [-0.2, -0.15) is 13.2 Å². The molecule has 24 heavy (non-hydrogen) atoms. The second kappa shape index (κ2) is 5.99. The minimum absolute atomic E-state index is 0.323. The van der Waals surface area contributed by atoms with Crippen LogP contribution in [0.25, 0.3) is 16.9 Å². The highest BCUT2D eigenvalue weighted by Crippen LogP contribution is 2.34. The Hall–Kier alpha value is -2.83. The van der Waals surface area contributed by atoms with Gasteiger partial charge in [-0.1, -0.05) is 13.0 Å². The summed E-state index contributed by atoms with van der Waals surface area (Å²) in [4.78, 5) is 7.93. The summed E-state index contributed by atoms with van der Waals surface area (Å²) in [7, 11) is 0. The van der Waals surface area contributed by atoms with E-state index >= 15 is 0 Å². The van der Waals surface area contributed by atoms with Gasteiger partial charge in [-0.25, -0.2) is 9.97 Å². The van der Waals surface area contributed by atoms with E-state index < -0.39 is 11.7 Å². The lowest BCUT2D eigenvalue weighted by atomic mass is 9.97. The fraction of sp³-hybridized carbons (Fsp3) is 0.176. The first kappa shape index (κ1) is 16.0. The third kappa shape index (κ3) is 3.10. The molecule has 0 saturated heterocycles. The van der Waals surface area contributed by atoms with E-state index in [9.17, 15) is 13.2 Å². The van der Waals surface area contributed by atoms with Crippen molar-refractivity contribution in [1.29, 1.82) is 0 Å². The molecule has 0 radical (unpaired) electrons. The molecule has 7 heteroatoms. The molecule has 3 aromatic rings. The van der Waals surface area contributed by atoms with Crippen molar-refractivity contribution >= 4 is 5.82 Å². The normalized spacial score (nSPS) is 11.7. The first-order valence-electron chi connectivity index (χ1n) is 7.35. The molecule has 2 N–H and O–H groups in total. The number of rotatable bonds is 3. The van der Waals surface area contributed by atoms with Gasteiger partial charge in [-0.15, -0.1) is 0 Å². The molecule has 1 aromatic carbocycles. The summed E-state index contributed by atoms with van der Waals surface area (Å²) in [5, 5.41) is 0. The highest BCUT2D eigenvalue weighted by molar-refractivity contribution is 5.68. The number of nitrogens with two attached hydrogens (primary N) is 1. The van der Waals surface area contributed by atoms with Gasteiger partial charge in [0.15, 0.2) is 0 Å². The number of benzene rings is 1. The Bertz CT molecular complexity index is 868. The predicted molar refractivity (Wildman–Crippen MR) is 85.6 cm³/mol. The smallest absolute Gasteiger partial charge is 0.384 e. The highest BCUT2D eigenvalue weighted by atomic mass is 19.4. The number of alkyl halides is 3. The van der Waals surface area contributed by atoms with Crippen LogP contribution in [-0.2, 0) is 12.6 Å². The largest absolute Gasteiger partial charge is 0.416 e. The molecule has 0 atom stereocenters. The molecule has 4 nitrogen and oxygen atoms in total. The van der Waals surface area contributed by atoms with Crippen LogP contribution in [0.15, 0.2) is 49.1 Å². The molecule has 124 valence electrons. The van der Waals surface area contributed by atoms with Crippen molar-refractivity contribution in [3.8, 4) is 16.9 Å². The Labute approximate surface area is 136 Å². The Balaban J connectivity index is 2.06. The zero-order valence-electron chi connectivity index (χ0n) is 12.9. The zero-order valence-corrected chi connectivity index (χ0v) is 12.9. The Morgan fingerprint density at radius 1 is 1.12 bits per heavy atom. The lowest BCUT2D eigenvalue weighted by Crippen LogP contribution is -2.05. The van der Waals surface area contributed by atoms with Crippen molar-refractivity contribution < 1.29 is 13.2 Å². The molecule has 2 aromatic heterocycles. The molecular weight excluding hydrogens is 317 g/mol. The van der Waals surface area contributed by atoms with Gasteiger partial charge in [-0.3, -0.25) is 0 Å². The van der Waals surface area contributed by atoms with Crippen LogP contribution in [0.4, 0.5) is 19.0 Å². The van der Waals surface area contributed by atoms with Gasteiger partial charge < -0.3 is 10.3 Å². The number of aryl methyl sites for hydroxylation is 1. The van der Waals surface area contributed by atoms with Crippen LogP contribution < -0.4 is 5.73 Å². The second-order valence-electron chi connectivity index (χ2n) is 5.33. The minimum Gasteiger partial charge on any atom is -0.384 e. The standard InChI is InChI=1S/C17H15F3N4/c1-2-11-3-4-13(17(18,19)20)7-14(11)12-5-6-24(9-12)16-8-15(21)22-10-23-16/h3-10H,2H2,1H3,(H2,21,22,23). The number of anilines is 1. The van der Waals surface area contributed by atoms with Crippen LogP contribution in [0.1, 0.15) is 18.1 Å². The maximum Gasteiger partial charge on any atom is 0.416 e. The summed E-state index contributed by atoms with van der Waals surface area (Å²) in [6.45, 7) is 1.91. The molecule has 0 spiro atoms. The number of nitrogens with zero attached hydrogens (tertiary/aromatic N) is 3. The lowest BCUT2D eigenvalue weighted by molar-refractivity contribution is -0.137. The van der Waals surface area contributed by atoms with Crippen LogP contribution in [0.3, 0.4) is 0 Å². The van der Waals surface area contributed by atoms with Gasteiger partial charge in [-0.05, 0) is 35.7 Å². The zero-order chi connectivity index (χ0) is 17.3. The summed E-state index contributed by atoms with van der Waals surface area (Å²) < 4.78 is 40.7. The van der Waals surface area contributed by atoms with E-state index in [1.807, 2.05) is 6.92 Å². The second-order valence-corrected chi connectivity index (χ2v) is 5.33. The summed E-state index contributed by atoms with van der Waals surface area (Å²) in [6, 6.07) is 7.18. The van der Waals surface area contributed by atoms with Gasteiger partial charge in [0, 0.05) is 24.0 Å². The van der Waals surface area contributed by atoms with Gasteiger partial charge in [0.2, 0.25) is 0 Å². The first-order chi connectivity index (χ1) is 11.4. The van der Waals surface area contributed by atoms with E-state index in [-0.39, 0.29) is 0 Å². The predicted octanol–water partition coefficient (Wildman–Crippen LogP) is 4.10. The maximum absolute atomic E-state index is 13.0.